The van der Waals surface area contributed by atoms with Crippen LogP contribution >= 0.6 is 11.6 Å². The van der Waals surface area contributed by atoms with Crippen LogP contribution in [0.1, 0.15) is 39.7 Å². The molecule has 0 fully saturated rings. The van der Waals surface area contributed by atoms with Crippen LogP contribution in [0.5, 0.6) is 0 Å². The molecule has 0 aliphatic carbocycles. The molecule has 0 saturated carbocycles. The fourth-order valence-electron chi connectivity index (χ4n) is 3.34. The smallest absolute Gasteiger partial charge is 0.407 e. The van der Waals surface area contributed by atoms with Gasteiger partial charge in [0.15, 0.2) is 0 Å². The van der Waals surface area contributed by atoms with Crippen LogP contribution in [0, 0.1) is 11.7 Å². The van der Waals surface area contributed by atoms with E-state index in [2.05, 4.69) is 5.32 Å². The minimum absolute atomic E-state index is 0.166. The molecule has 0 bridgehead atoms. The number of rotatable bonds is 9. The number of ether oxygens (including phenoxy) is 2. The molecule has 1 unspecified atom stereocenters. The molecule has 0 saturated heterocycles. The number of hydrogen-bond donors (Lipinski definition) is 2. The maximum atomic E-state index is 14.2. The van der Waals surface area contributed by atoms with Crippen molar-refractivity contribution in [3.8, 4) is 11.1 Å². The Balaban J connectivity index is 2.20. The quantitative estimate of drug-likeness (QED) is 0.486. The van der Waals surface area contributed by atoms with Crippen LogP contribution in [0.3, 0.4) is 0 Å². The standard InChI is InChI=1S/C25H31ClFNO5/c1-5-32-23(30)18(15-29)13-20(28-24(31)33-25(2,3)4)12-16-6-8-17(9-7-16)21-14-19(26)10-11-22(21)27/h6-11,14,18,20,29H,5,12-13,15H2,1-4H3,(H,28,31)/t18?,20-/m1/s1. The number of halogens is 2. The summed E-state index contributed by atoms with van der Waals surface area (Å²) in [6, 6.07) is 11.0. The van der Waals surface area contributed by atoms with Gasteiger partial charge in [-0.15, -0.1) is 0 Å². The van der Waals surface area contributed by atoms with Crippen molar-refractivity contribution in [3.05, 3.63) is 58.9 Å². The molecule has 2 aromatic rings. The fraction of sp³-hybridized carbons (Fsp3) is 0.440. The number of benzene rings is 2. The van der Waals surface area contributed by atoms with Crippen LogP contribution in [-0.2, 0) is 20.7 Å². The molecule has 0 radical (unpaired) electrons. The molecule has 0 spiro atoms. The molecule has 0 heterocycles. The number of aliphatic hydroxyl groups excluding tert-OH is 1. The molecule has 1 amide bonds. The van der Waals surface area contributed by atoms with Gasteiger partial charge in [-0.1, -0.05) is 35.9 Å². The Morgan fingerprint density at radius 2 is 1.82 bits per heavy atom. The molecule has 8 heteroatoms. The van der Waals surface area contributed by atoms with Crippen molar-refractivity contribution in [3.63, 3.8) is 0 Å². The van der Waals surface area contributed by atoms with Crippen molar-refractivity contribution in [2.45, 2.75) is 52.2 Å². The third-order valence-electron chi connectivity index (χ3n) is 4.81. The number of carbonyl (C=O) groups is 2. The van der Waals surface area contributed by atoms with Gasteiger partial charge >= 0.3 is 12.1 Å². The highest BCUT2D eigenvalue weighted by molar-refractivity contribution is 6.30. The second kappa shape index (κ2) is 12.0. The number of aliphatic hydroxyl groups is 1. The van der Waals surface area contributed by atoms with Crippen LogP contribution in [0.15, 0.2) is 42.5 Å². The lowest BCUT2D eigenvalue weighted by atomic mass is 9.94. The van der Waals surface area contributed by atoms with Crippen molar-refractivity contribution >= 4 is 23.7 Å². The van der Waals surface area contributed by atoms with Crippen molar-refractivity contribution in [2.75, 3.05) is 13.2 Å². The number of hydrogen-bond acceptors (Lipinski definition) is 5. The lowest BCUT2D eigenvalue weighted by molar-refractivity contribution is -0.149. The highest BCUT2D eigenvalue weighted by Crippen LogP contribution is 2.27. The lowest BCUT2D eigenvalue weighted by Gasteiger charge is -2.25. The van der Waals surface area contributed by atoms with E-state index in [9.17, 15) is 19.1 Å². The van der Waals surface area contributed by atoms with E-state index < -0.39 is 36.2 Å². The van der Waals surface area contributed by atoms with Gasteiger partial charge in [-0.05, 0) is 69.9 Å². The van der Waals surface area contributed by atoms with Gasteiger partial charge in [0, 0.05) is 16.6 Å². The first kappa shape index (κ1) is 26.6. The fourth-order valence-corrected chi connectivity index (χ4v) is 3.51. The van der Waals surface area contributed by atoms with E-state index in [-0.39, 0.29) is 18.8 Å². The van der Waals surface area contributed by atoms with E-state index in [0.717, 1.165) is 5.56 Å². The van der Waals surface area contributed by atoms with Gasteiger partial charge in [0.2, 0.25) is 0 Å². The Labute approximate surface area is 199 Å². The molecule has 6 nitrogen and oxygen atoms in total. The zero-order chi connectivity index (χ0) is 24.6. The van der Waals surface area contributed by atoms with Crippen LogP contribution in [-0.4, -0.2) is 42.0 Å². The maximum Gasteiger partial charge on any atom is 0.407 e. The summed E-state index contributed by atoms with van der Waals surface area (Å²) in [6.07, 6.45) is -0.0853. The van der Waals surface area contributed by atoms with Crippen molar-refractivity contribution in [1.82, 2.24) is 5.32 Å². The molecular weight excluding hydrogens is 449 g/mol. The molecule has 2 N–H and O–H groups in total. The summed E-state index contributed by atoms with van der Waals surface area (Å²) in [6.45, 7) is 6.74. The molecule has 2 rings (SSSR count). The molecule has 2 atom stereocenters. The van der Waals surface area contributed by atoms with E-state index in [1.807, 2.05) is 12.1 Å². The molecule has 2 aromatic carbocycles. The average Bonchev–Trinajstić information content (AvgIpc) is 2.73. The number of amides is 1. The molecule has 33 heavy (non-hydrogen) atoms. The predicted molar refractivity (Wildman–Crippen MR) is 126 cm³/mol. The maximum absolute atomic E-state index is 14.2. The van der Waals surface area contributed by atoms with Crippen molar-refractivity contribution in [1.29, 1.82) is 0 Å². The molecule has 180 valence electrons. The number of nitrogens with one attached hydrogen (secondary N) is 1. The molecule has 0 aliphatic heterocycles. The summed E-state index contributed by atoms with van der Waals surface area (Å²) >= 11 is 5.99. The van der Waals surface area contributed by atoms with E-state index >= 15 is 0 Å². The van der Waals surface area contributed by atoms with E-state index in [0.29, 0.717) is 22.6 Å². The Bertz CT molecular complexity index is 943. The summed E-state index contributed by atoms with van der Waals surface area (Å²) in [5.41, 5.74) is 1.22. The molecular formula is C25H31ClFNO5. The van der Waals surface area contributed by atoms with Gasteiger partial charge in [0.25, 0.3) is 0 Å². The van der Waals surface area contributed by atoms with Crippen LogP contribution in [0.25, 0.3) is 11.1 Å². The van der Waals surface area contributed by atoms with Crippen LogP contribution in [0.2, 0.25) is 5.02 Å². The van der Waals surface area contributed by atoms with E-state index in [4.69, 9.17) is 21.1 Å². The summed E-state index contributed by atoms with van der Waals surface area (Å²) in [5.74, 6) is -1.69. The molecule has 0 aromatic heterocycles. The second-order valence-corrected chi connectivity index (χ2v) is 9.17. The predicted octanol–water partition coefficient (Wildman–Crippen LogP) is 5.14. The number of carbonyl (C=O) groups excluding carboxylic acids is 2. The van der Waals surface area contributed by atoms with Gasteiger partial charge < -0.3 is 19.9 Å². The Morgan fingerprint density at radius 1 is 1.15 bits per heavy atom. The minimum Gasteiger partial charge on any atom is -0.466 e. The van der Waals surface area contributed by atoms with Gasteiger partial charge in [-0.25, -0.2) is 9.18 Å². The third-order valence-corrected chi connectivity index (χ3v) is 5.04. The van der Waals surface area contributed by atoms with Crippen molar-refractivity contribution < 1.29 is 28.6 Å². The van der Waals surface area contributed by atoms with Crippen LogP contribution < -0.4 is 5.32 Å². The van der Waals surface area contributed by atoms with Gasteiger partial charge in [0.1, 0.15) is 11.4 Å². The lowest BCUT2D eigenvalue weighted by Crippen LogP contribution is -2.42. The van der Waals surface area contributed by atoms with Crippen molar-refractivity contribution in [2.24, 2.45) is 5.92 Å². The monoisotopic (exact) mass is 479 g/mol. The summed E-state index contributed by atoms with van der Waals surface area (Å²) in [4.78, 5) is 24.5. The average molecular weight is 480 g/mol. The van der Waals surface area contributed by atoms with E-state index in [1.54, 1.807) is 45.9 Å². The topological polar surface area (TPSA) is 84.9 Å². The van der Waals surface area contributed by atoms with Gasteiger partial charge in [-0.3, -0.25) is 4.79 Å². The zero-order valence-electron chi connectivity index (χ0n) is 19.4. The van der Waals surface area contributed by atoms with Gasteiger partial charge in [0.05, 0.1) is 19.1 Å². The normalized spacial score (nSPS) is 13.2. The van der Waals surface area contributed by atoms with Crippen LogP contribution in [0.4, 0.5) is 9.18 Å². The van der Waals surface area contributed by atoms with E-state index in [1.165, 1.54) is 12.1 Å². The Morgan fingerprint density at radius 3 is 2.39 bits per heavy atom. The number of alkyl carbamates (subject to hydrolysis) is 1. The van der Waals surface area contributed by atoms with Gasteiger partial charge in [-0.2, -0.15) is 0 Å². The highest BCUT2D eigenvalue weighted by Gasteiger charge is 2.26. The minimum atomic E-state index is -0.787. The summed E-state index contributed by atoms with van der Waals surface area (Å²) in [7, 11) is 0. The third kappa shape index (κ3) is 8.67. The second-order valence-electron chi connectivity index (χ2n) is 8.74. The first-order chi connectivity index (χ1) is 15.5. The Hall–Kier alpha value is -2.64. The molecule has 0 aliphatic rings. The highest BCUT2D eigenvalue weighted by atomic mass is 35.5. The summed E-state index contributed by atoms with van der Waals surface area (Å²) in [5, 5.41) is 12.9. The first-order valence-corrected chi connectivity index (χ1v) is 11.2. The zero-order valence-corrected chi connectivity index (χ0v) is 20.1. The SMILES string of the molecule is CCOC(=O)C(CO)C[C@@H](Cc1ccc(-c2cc(Cl)ccc2F)cc1)NC(=O)OC(C)(C)C. The Kier molecular flexibility index (Phi) is 9.68. The first-order valence-electron chi connectivity index (χ1n) is 10.8. The summed E-state index contributed by atoms with van der Waals surface area (Å²) < 4.78 is 24.6. The largest absolute Gasteiger partial charge is 0.466 e. The number of esters is 1.